The molecule has 0 aromatic heterocycles. The molecule has 0 spiro atoms. The monoisotopic (exact) mass is 156 g/mol. The number of carbonyl (C=O) groups excluding carboxylic acids is 1. The molecule has 0 radical (unpaired) electrons. The highest BCUT2D eigenvalue weighted by Gasteiger charge is 2.54. The molecule has 0 N–H and O–H groups in total. The average molecular weight is 156 g/mol. The van der Waals surface area contributed by atoms with Gasteiger partial charge >= 0.3 is 5.97 Å². The van der Waals surface area contributed by atoms with E-state index in [0.29, 0.717) is 23.9 Å². The maximum Gasteiger partial charge on any atom is 0.302 e. The van der Waals surface area contributed by atoms with Gasteiger partial charge in [0.05, 0.1) is 6.61 Å². The Morgan fingerprint density at radius 3 is 2.27 bits per heavy atom. The number of hydrogen-bond acceptors (Lipinski definition) is 2. The molecule has 1 saturated carbocycles. The van der Waals surface area contributed by atoms with Crippen molar-refractivity contribution < 1.29 is 9.53 Å². The Hall–Kier alpha value is -0.530. The second-order valence-electron chi connectivity index (χ2n) is 4.02. The summed E-state index contributed by atoms with van der Waals surface area (Å²) < 4.78 is 4.93. The van der Waals surface area contributed by atoms with Crippen molar-refractivity contribution in [1.82, 2.24) is 0 Å². The van der Waals surface area contributed by atoms with E-state index >= 15 is 0 Å². The third kappa shape index (κ3) is 1.55. The van der Waals surface area contributed by atoms with Crippen molar-refractivity contribution in [1.29, 1.82) is 0 Å². The van der Waals surface area contributed by atoms with Crippen LogP contribution in [0.15, 0.2) is 0 Å². The smallest absolute Gasteiger partial charge is 0.302 e. The van der Waals surface area contributed by atoms with Crippen molar-refractivity contribution in [2.24, 2.45) is 17.3 Å². The van der Waals surface area contributed by atoms with Crippen LogP contribution in [0.4, 0.5) is 0 Å². The molecule has 1 aliphatic rings. The van der Waals surface area contributed by atoms with Crippen LogP contribution in [0.25, 0.3) is 0 Å². The summed E-state index contributed by atoms with van der Waals surface area (Å²) in [5, 5.41) is 0. The van der Waals surface area contributed by atoms with Gasteiger partial charge in [0.15, 0.2) is 0 Å². The van der Waals surface area contributed by atoms with E-state index in [2.05, 4.69) is 20.8 Å². The van der Waals surface area contributed by atoms with Crippen molar-refractivity contribution in [2.75, 3.05) is 6.61 Å². The van der Waals surface area contributed by atoms with E-state index in [0.717, 1.165) is 0 Å². The Kier molecular flexibility index (Phi) is 1.95. The standard InChI is InChI=1S/C9H16O2/c1-6-8(9(6,3)4)5-11-7(2)10/h6,8H,5H2,1-4H3/t6-,8+/m1/s1. The predicted octanol–water partition coefficient (Wildman–Crippen LogP) is 1.84. The minimum absolute atomic E-state index is 0.167. The highest BCUT2D eigenvalue weighted by molar-refractivity contribution is 5.65. The van der Waals surface area contributed by atoms with Crippen LogP contribution in [-0.2, 0) is 9.53 Å². The van der Waals surface area contributed by atoms with E-state index in [1.807, 2.05) is 0 Å². The SMILES string of the molecule is CC(=O)OC[C@H]1[C@@H](C)C1(C)C. The van der Waals surface area contributed by atoms with Gasteiger partial charge in [0.2, 0.25) is 0 Å². The van der Waals surface area contributed by atoms with E-state index in [1.54, 1.807) is 0 Å². The first-order chi connectivity index (χ1) is 4.96. The third-order valence-corrected chi connectivity index (χ3v) is 3.09. The molecule has 1 rings (SSSR count). The zero-order valence-electron chi connectivity index (χ0n) is 7.68. The summed E-state index contributed by atoms with van der Waals surface area (Å²) in [6, 6.07) is 0. The second kappa shape index (κ2) is 2.50. The fourth-order valence-corrected chi connectivity index (χ4v) is 1.58. The topological polar surface area (TPSA) is 26.3 Å². The Balaban J connectivity index is 2.27. The summed E-state index contributed by atoms with van der Waals surface area (Å²) in [7, 11) is 0. The molecule has 0 aromatic rings. The second-order valence-corrected chi connectivity index (χ2v) is 4.02. The van der Waals surface area contributed by atoms with Gasteiger partial charge in [-0.05, 0) is 11.3 Å². The number of rotatable bonds is 2. The molecule has 0 aromatic carbocycles. The van der Waals surface area contributed by atoms with E-state index in [-0.39, 0.29) is 5.97 Å². The predicted molar refractivity (Wildman–Crippen MR) is 43.1 cm³/mol. The highest BCUT2D eigenvalue weighted by Crippen LogP contribution is 2.57. The highest BCUT2D eigenvalue weighted by atomic mass is 16.5. The van der Waals surface area contributed by atoms with Crippen LogP contribution in [-0.4, -0.2) is 12.6 Å². The van der Waals surface area contributed by atoms with Crippen LogP contribution in [0, 0.1) is 17.3 Å². The van der Waals surface area contributed by atoms with Gasteiger partial charge in [-0.2, -0.15) is 0 Å². The summed E-state index contributed by atoms with van der Waals surface area (Å²) in [4.78, 5) is 10.5. The van der Waals surface area contributed by atoms with Gasteiger partial charge in [-0.25, -0.2) is 0 Å². The van der Waals surface area contributed by atoms with Crippen LogP contribution in [0.3, 0.4) is 0 Å². The van der Waals surface area contributed by atoms with Crippen molar-refractivity contribution in [2.45, 2.75) is 27.7 Å². The minimum Gasteiger partial charge on any atom is -0.466 e. The number of ether oxygens (including phenoxy) is 1. The molecular weight excluding hydrogens is 140 g/mol. The number of hydrogen-bond donors (Lipinski definition) is 0. The van der Waals surface area contributed by atoms with E-state index in [1.165, 1.54) is 6.92 Å². The lowest BCUT2D eigenvalue weighted by atomic mass is 10.1. The molecule has 11 heavy (non-hydrogen) atoms. The van der Waals surface area contributed by atoms with Crippen LogP contribution in [0.5, 0.6) is 0 Å². The molecule has 0 saturated heterocycles. The molecule has 1 fully saturated rings. The lowest BCUT2D eigenvalue weighted by molar-refractivity contribution is -0.141. The van der Waals surface area contributed by atoms with E-state index < -0.39 is 0 Å². The fraction of sp³-hybridized carbons (Fsp3) is 0.889. The van der Waals surface area contributed by atoms with E-state index in [9.17, 15) is 4.79 Å². The van der Waals surface area contributed by atoms with Crippen LogP contribution < -0.4 is 0 Å². The summed E-state index contributed by atoms with van der Waals surface area (Å²) in [5.41, 5.74) is 0.384. The Morgan fingerprint density at radius 1 is 1.55 bits per heavy atom. The molecule has 0 aliphatic heterocycles. The van der Waals surface area contributed by atoms with Gasteiger partial charge in [0.25, 0.3) is 0 Å². The molecule has 0 bridgehead atoms. The van der Waals surface area contributed by atoms with Crippen molar-refractivity contribution in [3.05, 3.63) is 0 Å². The van der Waals surface area contributed by atoms with Gasteiger partial charge in [-0.15, -0.1) is 0 Å². The Bertz CT molecular complexity index is 172. The average Bonchev–Trinajstić information content (AvgIpc) is 2.30. The molecule has 2 nitrogen and oxygen atoms in total. The first-order valence-electron chi connectivity index (χ1n) is 4.09. The summed E-state index contributed by atoms with van der Waals surface area (Å²) >= 11 is 0. The lowest BCUT2D eigenvalue weighted by Crippen LogP contribution is -2.05. The van der Waals surface area contributed by atoms with Crippen LogP contribution in [0.2, 0.25) is 0 Å². The summed E-state index contributed by atoms with van der Waals surface area (Å²) in [5.74, 6) is 1.10. The molecular formula is C9H16O2. The van der Waals surface area contributed by atoms with E-state index in [4.69, 9.17) is 4.74 Å². The zero-order chi connectivity index (χ0) is 8.65. The molecule has 64 valence electrons. The van der Waals surface area contributed by atoms with Crippen molar-refractivity contribution in [3.8, 4) is 0 Å². The first kappa shape index (κ1) is 8.57. The first-order valence-corrected chi connectivity index (χ1v) is 4.09. The van der Waals surface area contributed by atoms with Crippen molar-refractivity contribution >= 4 is 5.97 Å². The van der Waals surface area contributed by atoms with Gasteiger partial charge < -0.3 is 4.74 Å². The van der Waals surface area contributed by atoms with Crippen molar-refractivity contribution in [3.63, 3.8) is 0 Å². The molecule has 1 aliphatic carbocycles. The summed E-state index contributed by atoms with van der Waals surface area (Å²) in [6.07, 6.45) is 0. The lowest BCUT2D eigenvalue weighted by Gasteiger charge is -2.02. The molecule has 0 unspecified atom stereocenters. The molecule has 0 heterocycles. The normalized spacial score (nSPS) is 33.1. The minimum atomic E-state index is -0.167. The number of carbonyl (C=O) groups is 1. The summed E-state index contributed by atoms with van der Waals surface area (Å²) in [6.45, 7) is 8.69. The zero-order valence-corrected chi connectivity index (χ0v) is 7.68. The molecule has 0 amide bonds. The van der Waals surface area contributed by atoms with Crippen LogP contribution in [0.1, 0.15) is 27.7 Å². The fourth-order valence-electron chi connectivity index (χ4n) is 1.58. The largest absolute Gasteiger partial charge is 0.466 e. The van der Waals surface area contributed by atoms with Gasteiger partial charge in [-0.3, -0.25) is 4.79 Å². The van der Waals surface area contributed by atoms with Gasteiger partial charge in [0, 0.05) is 12.8 Å². The van der Waals surface area contributed by atoms with Gasteiger partial charge in [0.1, 0.15) is 0 Å². The quantitative estimate of drug-likeness (QED) is 0.570. The molecule has 2 heteroatoms. The van der Waals surface area contributed by atoms with Gasteiger partial charge in [-0.1, -0.05) is 20.8 Å². The molecule has 2 atom stereocenters. The van der Waals surface area contributed by atoms with Crippen LogP contribution >= 0.6 is 0 Å². The Morgan fingerprint density at radius 2 is 2.00 bits per heavy atom. The maximum atomic E-state index is 10.5. The Labute approximate surface area is 67.9 Å². The third-order valence-electron chi connectivity index (χ3n) is 3.09. The number of esters is 1. The maximum absolute atomic E-state index is 10.5.